The number of hydrogen-bond acceptors (Lipinski definition) is 5. The Labute approximate surface area is 166 Å². The average Bonchev–Trinajstić information content (AvgIpc) is 3.31. The van der Waals surface area contributed by atoms with Crippen molar-refractivity contribution in [2.24, 2.45) is 0 Å². The maximum Gasteiger partial charge on any atom is 0.273 e. The van der Waals surface area contributed by atoms with Crippen LogP contribution in [0.4, 0.5) is 0 Å². The molecule has 2 fully saturated rings. The van der Waals surface area contributed by atoms with Crippen LogP contribution in [0, 0.1) is 6.92 Å². The highest BCUT2D eigenvalue weighted by atomic mass is 16.5. The lowest BCUT2D eigenvalue weighted by Gasteiger charge is -2.44. The number of fused-ring (bicyclic) bond motifs is 1. The quantitative estimate of drug-likeness (QED) is 0.831. The summed E-state index contributed by atoms with van der Waals surface area (Å²) in [5.74, 6) is 0.496. The van der Waals surface area contributed by atoms with Gasteiger partial charge < -0.3 is 14.6 Å². The van der Waals surface area contributed by atoms with E-state index >= 15 is 0 Å². The van der Waals surface area contributed by atoms with Crippen LogP contribution in [0.25, 0.3) is 0 Å². The molecule has 1 aliphatic heterocycles. The predicted octanol–water partition coefficient (Wildman–Crippen LogP) is 2.97. The summed E-state index contributed by atoms with van der Waals surface area (Å²) >= 11 is 0. The predicted molar refractivity (Wildman–Crippen MR) is 106 cm³/mol. The first-order valence-electron chi connectivity index (χ1n) is 10.2. The Morgan fingerprint density at radius 2 is 2.18 bits per heavy atom. The highest BCUT2D eigenvalue weighted by Gasteiger charge is 2.50. The maximum absolute atomic E-state index is 12.5. The maximum atomic E-state index is 12.5. The number of methoxy groups -OCH3 is 1. The summed E-state index contributed by atoms with van der Waals surface area (Å²) in [6, 6.07) is 12.8. The van der Waals surface area contributed by atoms with Crippen LogP contribution in [0.2, 0.25) is 0 Å². The minimum Gasteiger partial charge on any atom is -0.377 e. The van der Waals surface area contributed by atoms with Crippen LogP contribution in [0.1, 0.15) is 47.5 Å². The minimum atomic E-state index is -0.152. The molecule has 150 valence electrons. The number of carbonyl (C=O) groups is 1. The molecule has 6 nitrogen and oxygen atoms in total. The fourth-order valence-corrected chi connectivity index (χ4v) is 4.84. The third kappa shape index (κ3) is 3.84. The Hall–Kier alpha value is -2.18. The number of hydrogen-bond donors (Lipinski definition) is 1. The van der Waals surface area contributed by atoms with Crippen molar-refractivity contribution < 1.29 is 14.1 Å². The number of carbonyl (C=O) groups excluding carboxylic acids is 1. The number of aromatic nitrogens is 1. The van der Waals surface area contributed by atoms with Crippen molar-refractivity contribution in [1.82, 2.24) is 15.4 Å². The fraction of sp³-hybridized carbons (Fsp3) is 0.545. The first-order chi connectivity index (χ1) is 13.6. The van der Waals surface area contributed by atoms with E-state index in [2.05, 4.69) is 45.7 Å². The molecule has 6 heteroatoms. The minimum absolute atomic E-state index is 0.0810. The molecule has 0 bridgehead atoms. The first-order valence-corrected chi connectivity index (χ1v) is 10.2. The number of rotatable bonds is 6. The molecule has 1 aromatic heterocycles. The van der Waals surface area contributed by atoms with E-state index in [9.17, 15) is 4.79 Å². The van der Waals surface area contributed by atoms with Crippen molar-refractivity contribution in [2.45, 2.75) is 56.7 Å². The van der Waals surface area contributed by atoms with E-state index in [-0.39, 0.29) is 17.6 Å². The molecular weight excluding hydrogens is 354 g/mol. The summed E-state index contributed by atoms with van der Waals surface area (Å²) in [7, 11) is 1.84. The van der Waals surface area contributed by atoms with Crippen molar-refractivity contribution in [1.29, 1.82) is 0 Å². The number of ether oxygens (including phenoxy) is 1. The van der Waals surface area contributed by atoms with Crippen LogP contribution >= 0.6 is 0 Å². The second-order valence-electron chi connectivity index (χ2n) is 8.07. The standard InChI is InChI=1S/C22H29N3O3/c1-16-14-19(24-28-16)21(26)23-18-8-10-22(27-2)11-13-25(20(22)15-18)12-9-17-6-4-3-5-7-17/h3-7,14,18,20H,8-13,15H2,1-2H3,(H,23,26)/t18-,20+,22-/m1/s1. The lowest BCUT2D eigenvalue weighted by atomic mass is 9.78. The molecule has 1 aromatic carbocycles. The molecule has 1 saturated heterocycles. The van der Waals surface area contributed by atoms with Crippen LogP contribution in [-0.2, 0) is 11.2 Å². The summed E-state index contributed by atoms with van der Waals surface area (Å²) < 4.78 is 11.1. The van der Waals surface area contributed by atoms with Gasteiger partial charge in [-0.3, -0.25) is 9.69 Å². The number of benzene rings is 1. The molecule has 0 unspecified atom stereocenters. The number of nitrogens with zero attached hydrogens (tertiary/aromatic N) is 2. The summed E-state index contributed by atoms with van der Waals surface area (Å²) in [6.45, 7) is 3.86. The van der Waals surface area contributed by atoms with Crippen molar-refractivity contribution in [3.8, 4) is 0 Å². The van der Waals surface area contributed by atoms with Gasteiger partial charge in [0.1, 0.15) is 5.76 Å². The van der Waals surface area contributed by atoms with E-state index in [0.717, 1.165) is 45.2 Å². The van der Waals surface area contributed by atoms with Gasteiger partial charge in [-0.1, -0.05) is 35.5 Å². The molecule has 28 heavy (non-hydrogen) atoms. The van der Waals surface area contributed by atoms with Gasteiger partial charge >= 0.3 is 0 Å². The van der Waals surface area contributed by atoms with E-state index in [0.29, 0.717) is 17.5 Å². The second-order valence-corrected chi connectivity index (χ2v) is 8.07. The second kappa shape index (κ2) is 8.05. The van der Waals surface area contributed by atoms with E-state index < -0.39 is 0 Å². The Morgan fingerprint density at radius 3 is 2.89 bits per heavy atom. The zero-order valence-corrected chi connectivity index (χ0v) is 16.7. The normalized spacial score (nSPS) is 27.5. The number of amides is 1. The van der Waals surface area contributed by atoms with Gasteiger partial charge in [0.25, 0.3) is 5.91 Å². The molecule has 4 rings (SSSR count). The third-order valence-electron chi connectivity index (χ3n) is 6.43. The van der Waals surface area contributed by atoms with Crippen LogP contribution in [0.15, 0.2) is 40.9 Å². The molecule has 0 spiro atoms. The summed E-state index contributed by atoms with van der Waals surface area (Å²) in [5.41, 5.74) is 1.63. The Bertz CT molecular complexity index is 806. The molecule has 1 N–H and O–H groups in total. The zero-order valence-electron chi connectivity index (χ0n) is 16.7. The number of nitrogens with one attached hydrogen (secondary N) is 1. The molecule has 2 aromatic rings. The van der Waals surface area contributed by atoms with Crippen LogP contribution < -0.4 is 5.32 Å². The van der Waals surface area contributed by atoms with Crippen molar-refractivity contribution >= 4 is 5.91 Å². The molecule has 2 aliphatic rings. The van der Waals surface area contributed by atoms with Crippen molar-refractivity contribution in [2.75, 3.05) is 20.2 Å². The van der Waals surface area contributed by atoms with Gasteiger partial charge in [0, 0.05) is 38.3 Å². The van der Waals surface area contributed by atoms with E-state index in [4.69, 9.17) is 9.26 Å². The van der Waals surface area contributed by atoms with Crippen molar-refractivity contribution in [3.05, 3.63) is 53.4 Å². The smallest absolute Gasteiger partial charge is 0.273 e. The summed E-state index contributed by atoms with van der Waals surface area (Å²) in [5, 5.41) is 6.99. The van der Waals surface area contributed by atoms with E-state index in [1.165, 1.54) is 5.56 Å². The third-order valence-corrected chi connectivity index (χ3v) is 6.43. The van der Waals surface area contributed by atoms with Gasteiger partial charge in [-0.2, -0.15) is 0 Å². The van der Waals surface area contributed by atoms with Gasteiger partial charge in [-0.05, 0) is 44.6 Å². The Kier molecular flexibility index (Phi) is 5.51. The number of aryl methyl sites for hydroxylation is 1. The van der Waals surface area contributed by atoms with Crippen LogP contribution in [0.5, 0.6) is 0 Å². The molecule has 2 heterocycles. The topological polar surface area (TPSA) is 67.6 Å². The molecule has 1 aliphatic carbocycles. The van der Waals surface area contributed by atoms with Gasteiger partial charge in [0.15, 0.2) is 5.69 Å². The molecule has 3 atom stereocenters. The van der Waals surface area contributed by atoms with Crippen molar-refractivity contribution in [3.63, 3.8) is 0 Å². The highest BCUT2D eigenvalue weighted by molar-refractivity contribution is 5.92. The fourth-order valence-electron chi connectivity index (χ4n) is 4.84. The lowest BCUT2D eigenvalue weighted by Crippen LogP contribution is -2.55. The largest absolute Gasteiger partial charge is 0.377 e. The monoisotopic (exact) mass is 383 g/mol. The van der Waals surface area contributed by atoms with Gasteiger partial charge in [0.2, 0.25) is 0 Å². The molecular formula is C22H29N3O3. The zero-order chi connectivity index (χ0) is 19.6. The lowest BCUT2D eigenvalue weighted by molar-refractivity contribution is -0.0664. The van der Waals surface area contributed by atoms with Gasteiger partial charge in [0.05, 0.1) is 5.60 Å². The van der Waals surface area contributed by atoms with E-state index in [1.54, 1.807) is 13.0 Å². The Balaban J connectivity index is 1.40. The SMILES string of the molecule is CO[C@@]12CC[C@@H](NC(=O)c3cc(C)on3)C[C@@H]1N(CCc1ccccc1)CC2. The average molecular weight is 383 g/mol. The molecule has 1 saturated carbocycles. The Morgan fingerprint density at radius 1 is 1.36 bits per heavy atom. The van der Waals surface area contributed by atoms with Gasteiger partial charge in [-0.15, -0.1) is 0 Å². The van der Waals surface area contributed by atoms with Crippen LogP contribution in [0.3, 0.4) is 0 Å². The first kappa shape index (κ1) is 19.2. The summed E-state index contributed by atoms with van der Waals surface area (Å²) in [4.78, 5) is 15.0. The molecule has 0 radical (unpaired) electrons. The number of likely N-dealkylation sites (tertiary alicyclic amines) is 1. The van der Waals surface area contributed by atoms with Crippen LogP contribution in [-0.4, -0.2) is 53.8 Å². The van der Waals surface area contributed by atoms with E-state index in [1.807, 2.05) is 7.11 Å². The van der Waals surface area contributed by atoms with Gasteiger partial charge in [-0.25, -0.2) is 0 Å². The molecule has 1 amide bonds. The summed E-state index contributed by atoms with van der Waals surface area (Å²) in [6.07, 6.45) is 4.90. The highest BCUT2D eigenvalue weighted by Crippen LogP contribution is 2.42.